The molecule has 1 aromatic carbocycles. The molecular formula is C9H12N2O2. The van der Waals surface area contributed by atoms with Crippen LogP contribution in [0.4, 0.5) is 11.4 Å². The lowest BCUT2D eigenvalue weighted by Crippen LogP contribution is -2.42. The third kappa shape index (κ3) is 1.34. The maximum absolute atomic E-state index is 9.33. The summed E-state index contributed by atoms with van der Waals surface area (Å²) in [5.74, 6) is 0. The average Bonchev–Trinajstić information content (AvgIpc) is 2.09. The minimum atomic E-state index is -0.950. The van der Waals surface area contributed by atoms with Crippen molar-refractivity contribution in [3.05, 3.63) is 23.8 Å². The van der Waals surface area contributed by atoms with Crippen LogP contribution in [0.25, 0.3) is 0 Å². The van der Waals surface area contributed by atoms with Crippen LogP contribution in [0.2, 0.25) is 0 Å². The molecule has 1 aliphatic rings. The zero-order chi connectivity index (χ0) is 9.42. The number of para-hydroxylation sites is 1. The quantitative estimate of drug-likeness (QED) is 0.468. The average molecular weight is 180 g/mol. The van der Waals surface area contributed by atoms with Gasteiger partial charge in [-0.15, -0.1) is 0 Å². The fraction of sp³-hybridized carbons (Fsp3) is 0.333. The smallest absolute Gasteiger partial charge is 0.169 e. The Kier molecular flexibility index (Phi) is 1.86. The number of aliphatic hydroxyl groups is 2. The van der Waals surface area contributed by atoms with Crippen molar-refractivity contribution < 1.29 is 10.2 Å². The van der Waals surface area contributed by atoms with Crippen molar-refractivity contribution in [2.45, 2.75) is 19.4 Å². The number of benzene rings is 1. The van der Waals surface area contributed by atoms with Crippen molar-refractivity contribution in [3.63, 3.8) is 0 Å². The van der Waals surface area contributed by atoms with Gasteiger partial charge >= 0.3 is 0 Å². The number of aryl methyl sites for hydroxylation is 1. The highest BCUT2D eigenvalue weighted by atomic mass is 16.4. The summed E-state index contributed by atoms with van der Waals surface area (Å²) in [4.78, 5) is 0. The highest BCUT2D eigenvalue weighted by Crippen LogP contribution is 2.30. The number of aliphatic hydroxyl groups excluding tert-OH is 2. The number of hydrogen-bond acceptors (Lipinski definition) is 4. The summed E-state index contributed by atoms with van der Waals surface area (Å²) in [6, 6.07) is 5.69. The lowest BCUT2D eigenvalue weighted by molar-refractivity contribution is 0.0527. The second kappa shape index (κ2) is 2.90. The van der Waals surface area contributed by atoms with E-state index in [1.54, 1.807) is 0 Å². The second-order valence-electron chi connectivity index (χ2n) is 3.18. The molecule has 0 saturated carbocycles. The van der Waals surface area contributed by atoms with E-state index in [1.807, 2.05) is 25.1 Å². The summed E-state index contributed by atoms with van der Waals surface area (Å²) in [5.41, 5.74) is 2.70. The molecule has 0 aromatic heterocycles. The number of fused-ring (bicyclic) bond motifs is 1. The third-order valence-corrected chi connectivity index (χ3v) is 2.17. The SMILES string of the molecule is Cc1cccc2c1NC(O)C(O)N2. The Morgan fingerprint density at radius 1 is 1.15 bits per heavy atom. The predicted molar refractivity (Wildman–Crippen MR) is 50.4 cm³/mol. The molecule has 70 valence electrons. The summed E-state index contributed by atoms with van der Waals surface area (Å²) in [7, 11) is 0. The van der Waals surface area contributed by atoms with E-state index < -0.39 is 12.5 Å². The normalized spacial score (nSPS) is 25.8. The first kappa shape index (κ1) is 8.34. The number of hydrogen-bond donors (Lipinski definition) is 4. The molecule has 1 heterocycles. The van der Waals surface area contributed by atoms with Gasteiger partial charge in [0, 0.05) is 0 Å². The Labute approximate surface area is 76.2 Å². The first-order valence-electron chi connectivity index (χ1n) is 4.17. The van der Waals surface area contributed by atoms with Crippen LogP contribution >= 0.6 is 0 Å². The molecule has 2 unspecified atom stereocenters. The van der Waals surface area contributed by atoms with Gasteiger partial charge in [0.15, 0.2) is 12.5 Å². The molecule has 0 radical (unpaired) electrons. The second-order valence-corrected chi connectivity index (χ2v) is 3.18. The highest BCUT2D eigenvalue weighted by molar-refractivity contribution is 5.74. The van der Waals surface area contributed by atoms with E-state index in [1.165, 1.54) is 0 Å². The standard InChI is InChI=1S/C9H12N2O2/c1-5-3-2-4-6-7(5)11-9(13)8(12)10-6/h2-4,8-13H,1H3. The molecular weight excluding hydrogens is 168 g/mol. The van der Waals surface area contributed by atoms with Crippen molar-refractivity contribution in [2.75, 3.05) is 10.6 Å². The van der Waals surface area contributed by atoms with Crippen LogP contribution in [0, 0.1) is 6.92 Å². The Bertz CT molecular complexity index is 327. The van der Waals surface area contributed by atoms with Gasteiger partial charge in [0.1, 0.15) is 0 Å². The van der Waals surface area contributed by atoms with Crippen LogP contribution in [-0.4, -0.2) is 22.7 Å². The minimum Gasteiger partial charge on any atom is -0.369 e. The zero-order valence-corrected chi connectivity index (χ0v) is 7.28. The first-order chi connectivity index (χ1) is 6.18. The molecule has 0 bridgehead atoms. The van der Waals surface area contributed by atoms with Crippen LogP contribution in [0.3, 0.4) is 0 Å². The van der Waals surface area contributed by atoms with Crippen LogP contribution in [0.15, 0.2) is 18.2 Å². The van der Waals surface area contributed by atoms with Gasteiger partial charge < -0.3 is 20.8 Å². The van der Waals surface area contributed by atoms with E-state index in [4.69, 9.17) is 0 Å². The van der Waals surface area contributed by atoms with Crippen LogP contribution in [0.1, 0.15) is 5.56 Å². The van der Waals surface area contributed by atoms with Gasteiger partial charge in [-0.1, -0.05) is 12.1 Å². The Morgan fingerprint density at radius 3 is 2.62 bits per heavy atom. The van der Waals surface area contributed by atoms with E-state index in [0.29, 0.717) is 0 Å². The third-order valence-electron chi connectivity index (χ3n) is 2.17. The molecule has 0 aliphatic carbocycles. The first-order valence-corrected chi connectivity index (χ1v) is 4.17. The van der Waals surface area contributed by atoms with Crippen LogP contribution in [0.5, 0.6) is 0 Å². The van der Waals surface area contributed by atoms with Gasteiger partial charge in [-0.05, 0) is 18.6 Å². The van der Waals surface area contributed by atoms with Crippen molar-refractivity contribution in [1.82, 2.24) is 0 Å². The van der Waals surface area contributed by atoms with Crippen LogP contribution in [-0.2, 0) is 0 Å². The summed E-state index contributed by atoms with van der Waals surface area (Å²) in [6.07, 6.45) is -1.90. The molecule has 4 N–H and O–H groups in total. The number of anilines is 2. The molecule has 4 heteroatoms. The molecule has 0 amide bonds. The number of nitrogens with one attached hydrogen (secondary N) is 2. The summed E-state index contributed by atoms with van der Waals surface area (Å²) in [5, 5.41) is 24.2. The molecule has 1 aliphatic heterocycles. The van der Waals surface area contributed by atoms with Gasteiger partial charge in [0.05, 0.1) is 11.4 Å². The van der Waals surface area contributed by atoms with Crippen molar-refractivity contribution >= 4 is 11.4 Å². The molecule has 2 atom stereocenters. The molecule has 0 spiro atoms. The summed E-state index contributed by atoms with van der Waals surface area (Å²) in [6.45, 7) is 1.94. The lowest BCUT2D eigenvalue weighted by Gasteiger charge is -2.30. The van der Waals surface area contributed by atoms with E-state index in [9.17, 15) is 10.2 Å². The predicted octanol–water partition coefficient (Wildman–Crippen LogP) is 0.469. The van der Waals surface area contributed by atoms with Gasteiger partial charge in [0.2, 0.25) is 0 Å². The van der Waals surface area contributed by atoms with Gasteiger partial charge in [0.25, 0.3) is 0 Å². The van der Waals surface area contributed by atoms with Crippen LogP contribution < -0.4 is 10.6 Å². The van der Waals surface area contributed by atoms with E-state index in [2.05, 4.69) is 10.6 Å². The minimum absolute atomic E-state index is 0.817. The molecule has 4 nitrogen and oxygen atoms in total. The van der Waals surface area contributed by atoms with E-state index in [0.717, 1.165) is 16.9 Å². The van der Waals surface area contributed by atoms with E-state index in [-0.39, 0.29) is 0 Å². The summed E-state index contributed by atoms with van der Waals surface area (Å²) < 4.78 is 0. The van der Waals surface area contributed by atoms with Crippen molar-refractivity contribution in [1.29, 1.82) is 0 Å². The monoisotopic (exact) mass is 180 g/mol. The van der Waals surface area contributed by atoms with Crippen molar-refractivity contribution in [3.8, 4) is 0 Å². The fourth-order valence-electron chi connectivity index (χ4n) is 1.44. The Hall–Kier alpha value is -1.26. The molecule has 13 heavy (non-hydrogen) atoms. The Balaban J connectivity index is 2.42. The molecule has 2 rings (SSSR count). The summed E-state index contributed by atoms with van der Waals surface area (Å²) >= 11 is 0. The topological polar surface area (TPSA) is 64.5 Å². The fourth-order valence-corrected chi connectivity index (χ4v) is 1.44. The maximum atomic E-state index is 9.33. The highest BCUT2D eigenvalue weighted by Gasteiger charge is 2.23. The molecule has 1 aromatic rings. The molecule has 0 fully saturated rings. The van der Waals surface area contributed by atoms with Gasteiger partial charge in [-0.25, -0.2) is 0 Å². The van der Waals surface area contributed by atoms with Gasteiger partial charge in [-0.3, -0.25) is 0 Å². The van der Waals surface area contributed by atoms with Crippen molar-refractivity contribution in [2.24, 2.45) is 0 Å². The zero-order valence-electron chi connectivity index (χ0n) is 7.28. The Morgan fingerprint density at radius 2 is 1.85 bits per heavy atom. The van der Waals surface area contributed by atoms with E-state index >= 15 is 0 Å². The lowest BCUT2D eigenvalue weighted by atomic mass is 10.1. The van der Waals surface area contributed by atoms with Gasteiger partial charge in [-0.2, -0.15) is 0 Å². The number of rotatable bonds is 0. The maximum Gasteiger partial charge on any atom is 0.169 e. The molecule has 0 saturated heterocycles. The largest absolute Gasteiger partial charge is 0.369 e.